The van der Waals surface area contributed by atoms with E-state index in [2.05, 4.69) is 4.98 Å². The molecule has 0 radical (unpaired) electrons. The fraction of sp³-hybridized carbons (Fsp3) is 0.143. The SMILES string of the molecule is CC(N)c1ccc(Oc2ccc(C#N)cc2[N+](=O)[O-])cn1. The van der Waals surface area contributed by atoms with Crippen molar-refractivity contribution in [1.82, 2.24) is 4.98 Å². The van der Waals surface area contributed by atoms with Crippen molar-refractivity contribution in [2.24, 2.45) is 5.73 Å². The summed E-state index contributed by atoms with van der Waals surface area (Å²) in [4.78, 5) is 14.5. The molecule has 1 atom stereocenters. The van der Waals surface area contributed by atoms with Crippen LogP contribution in [0.5, 0.6) is 11.5 Å². The van der Waals surface area contributed by atoms with Crippen molar-refractivity contribution in [3.63, 3.8) is 0 Å². The molecule has 0 bridgehead atoms. The third-order valence-electron chi connectivity index (χ3n) is 2.74. The van der Waals surface area contributed by atoms with E-state index in [0.717, 1.165) is 0 Å². The highest BCUT2D eigenvalue weighted by atomic mass is 16.6. The molecule has 0 saturated heterocycles. The van der Waals surface area contributed by atoms with Gasteiger partial charge in [0.05, 0.1) is 28.4 Å². The molecule has 2 N–H and O–H groups in total. The van der Waals surface area contributed by atoms with Gasteiger partial charge >= 0.3 is 5.69 Å². The summed E-state index contributed by atoms with van der Waals surface area (Å²) >= 11 is 0. The normalized spacial score (nSPS) is 11.5. The van der Waals surface area contributed by atoms with Gasteiger partial charge in [-0.3, -0.25) is 15.1 Å². The van der Waals surface area contributed by atoms with E-state index >= 15 is 0 Å². The van der Waals surface area contributed by atoms with E-state index in [9.17, 15) is 10.1 Å². The highest BCUT2D eigenvalue weighted by Crippen LogP contribution is 2.31. The fourth-order valence-electron chi connectivity index (χ4n) is 1.66. The van der Waals surface area contributed by atoms with Crippen LogP contribution >= 0.6 is 0 Å². The Morgan fingerprint density at radius 3 is 2.71 bits per heavy atom. The summed E-state index contributed by atoms with van der Waals surface area (Å²) in [6.45, 7) is 1.80. The average molecular weight is 284 g/mol. The largest absolute Gasteiger partial charge is 0.449 e. The van der Waals surface area contributed by atoms with Crippen molar-refractivity contribution < 1.29 is 9.66 Å². The van der Waals surface area contributed by atoms with Gasteiger partial charge in [0.2, 0.25) is 5.75 Å². The molecule has 2 aromatic rings. The van der Waals surface area contributed by atoms with Gasteiger partial charge in [0.25, 0.3) is 0 Å². The summed E-state index contributed by atoms with van der Waals surface area (Å²) in [5.41, 5.74) is 6.30. The molecule has 0 fully saturated rings. The van der Waals surface area contributed by atoms with Gasteiger partial charge in [-0.2, -0.15) is 5.26 Å². The standard InChI is InChI=1S/C14H12N4O3/c1-9(16)12-4-3-11(8-17-12)21-14-5-2-10(7-15)6-13(14)18(19)20/h2-6,8-9H,16H2,1H3. The third kappa shape index (κ3) is 3.32. The van der Waals surface area contributed by atoms with Crippen LogP contribution in [0, 0.1) is 21.4 Å². The molecule has 2 rings (SSSR count). The van der Waals surface area contributed by atoms with Crippen molar-refractivity contribution in [2.75, 3.05) is 0 Å². The Labute approximate surface area is 120 Å². The smallest absolute Gasteiger partial charge is 0.312 e. The highest BCUT2D eigenvalue weighted by molar-refractivity contribution is 5.53. The lowest BCUT2D eigenvalue weighted by Gasteiger charge is -2.08. The van der Waals surface area contributed by atoms with Gasteiger partial charge in [0, 0.05) is 12.1 Å². The molecule has 0 aliphatic heterocycles. The monoisotopic (exact) mass is 284 g/mol. The molecule has 1 aromatic carbocycles. The molecule has 0 saturated carbocycles. The van der Waals surface area contributed by atoms with Gasteiger partial charge in [-0.15, -0.1) is 0 Å². The lowest BCUT2D eigenvalue weighted by atomic mass is 10.2. The second-order valence-corrected chi connectivity index (χ2v) is 4.36. The van der Waals surface area contributed by atoms with Crippen molar-refractivity contribution >= 4 is 5.69 Å². The van der Waals surface area contributed by atoms with Gasteiger partial charge in [-0.05, 0) is 31.2 Å². The number of benzene rings is 1. The molecule has 7 nitrogen and oxygen atoms in total. The number of nitrogens with two attached hydrogens (primary N) is 1. The molecule has 7 heteroatoms. The van der Waals surface area contributed by atoms with E-state index in [1.54, 1.807) is 19.1 Å². The van der Waals surface area contributed by atoms with Crippen LogP contribution in [0.25, 0.3) is 0 Å². The predicted molar refractivity (Wildman–Crippen MR) is 74.7 cm³/mol. The quantitative estimate of drug-likeness (QED) is 0.681. The van der Waals surface area contributed by atoms with Crippen molar-refractivity contribution in [3.8, 4) is 17.6 Å². The molecule has 0 aliphatic rings. The number of pyridine rings is 1. The minimum atomic E-state index is -0.597. The van der Waals surface area contributed by atoms with Crippen LogP contribution < -0.4 is 10.5 Å². The lowest BCUT2D eigenvalue weighted by Crippen LogP contribution is -2.06. The third-order valence-corrected chi connectivity index (χ3v) is 2.74. The highest BCUT2D eigenvalue weighted by Gasteiger charge is 2.17. The minimum absolute atomic E-state index is 0.0503. The molecule has 21 heavy (non-hydrogen) atoms. The number of rotatable bonds is 4. The van der Waals surface area contributed by atoms with Gasteiger partial charge in [0.1, 0.15) is 5.75 Å². The zero-order valence-corrected chi connectivity index (χ0v) is 11.2. The molecule has 1 aromatic heterocycles. The first-order valence-electron chi connectivity index (χ1n) is 6.09. The van der Waals surface area contributed by atoms with E-state index in [4.69, 9.17) is 15.7 Å². The topological polar surface area (TPSA) is 115 Å². The maximum Gasteiger partial charge on any atom is 0.312 e. The average Bonchev–Trinajstić information content (AvgIpc) is 2.48. The van der Waals surface area contributed by atoms with Crippen molar-refractivity contribution in [1.29, 1.82) is 5.26 Å². The zero-order valence-electron chi connectivity index (χ0n) is 11.2. The van der Waals surface area contributed by atoms with Gasteiger partial charge in [-0.25, -0.2) is 0 Å². The Bertz CT molecular complexity index is 705. The van der Waals surface area contributed by atoms with E-state index in [0.29, 0.717) is 11.4 Å². The van der Waals surface area contributed by atoms with Crippen LogP contribution in [-0.4, -0.2) is 9.91 Å². The summed E-state index contributed by atoms with van der Waals surface area (Å²) < 4.78 is 5.45. The number of nitro groups is 1. The number of ether oxygens (including phenoxy) is 1. The first-order chi connectivity index (χ1) is 10.0. The van der Waals surface area contributed by atoms with Crippen LogP contribution in [0.3, 0.4) is 0 Å². The van der Waals surface area contributed by atoms with E-state index in [-0.39, 0.29) is 23.0 Å². The number of hydrogen-bond donors (Lipinski definition) is 1. The van der Waals surface area contributed by atoms with E-state index in [1.807, 2.05) is 6.07 Å². The van der Waals surface area contributed by atoms with Crippen LogP contribution in [0.2, 0.25) is 0 Å². The maximum atomic E-state index is 11.0. The molecular formula is C14H12N4O3. The zero-order chi connectivity index (χ0) is 15.4. The Kier molecular flexibility index (Phi) is 4.11. The Balaban J connectivity index is 2.31. The number of nitro benzene ring substituents is 1. The lowest BCUT2D eigenvalue weighted by molar-refractivity contribution is -0.385. The second kappa shape index (κ2) is 5.98. The van der Waals surface area contributed by atoms with Gasteiger partial charge in [0.15, 0.2) is 0 Å². The maximum absolute atomic E-state index is 11.0. The molecule has 106 valence electrons. The van der Waals surface area contributed by atoms with Crippen LogP contribution in [-0.2, 0) is 0 Å². The minimum Gasteiger partial charge on any atom is -0.449 e. The molecule has 1 heterocycles. The number of hydrogen-bond acceptors (Lipinski definition) is 6. The first-order valence-corrected chi connectivity index (χ1v) is 6.09. The van der Waals surface area contributed by atoms with E-state index in [1.165, 1.54) is 24.4 Å². The summed E-state index contributed by atoms with van der Waals surface area (Å²) in [5.74, 6) is 0.404. The van der Waals surface area contributed by atoms with Gasteiger partial charge in [-0.1, -0.05) is 0 Å². The van der Waals surface area contributed by atoms with Crippen LogP contribution in [0.15, 0.2) is 36.5 Å². The Morgan fingerprint density at radius 1 is 1.43 bits per heavy atom. The van der Waals surface area contributed by atoms with E-state index < -0.39 is 4.92 Å². The first kappa shape index (κ1) is 14.4. The number of nitrogens with zero attached hydrogens (tertiary/aromatic N) is 3. The predicted octanol–water partition coefficient (Wildman–Crippen LogP) is 2.67. The van der Waals surface area contributed by atoms with Crippen molar-refractivity contribution in [3.05, 3.63) is 57.9 Å². The summed E-state index contributed by atoms with van der Waals surface area (Å²) in [6, 6.07) is 8.97. The number of nitriles is 1. The summed E-state index contributed by atoms with van der Waals surface area (Å²) in [5, 5.41) is 19.8. The van der Waals surface area contributed by atoms with Crippen molar-refractivity contribution in [2.45, 2.75) is 13.0 Å². The molecule has 0 spiro atoms. The Morgan fingerprint density at radius 2 is 2.19 bits per heavy atom. The fourth-order valence-corrected chi connectivity index (χ4v) is 1.66. The second-order valence-electron chi connectivity index (χ2n) is 4.36. The molecular weight excluding hydrogens is 272 g/mol. The molecule has 0 amide bonds. The van der Waals surface area contributed by atoms with Gasteiger partial charge < -0.3 is 10.5 Å². The Hall–Kier alpha value is -2.98. The van der Waals surface area contributed by atoms with Crippen LogP contribution in [0.4, 0.5) is 5.69 Å². The number of aromatic nitrogens is 1. The molecule has 0 aliphatic carbocycles. The van der Waals surface area contributed by atoms with Crippen LogP contribution in [0.1, 0.15) is 24.2 Å². The summed E-state index contributed by atoms with van der Waals surface area (Å²) in [7, 11) is 0. The summed E-state index contributed by atoms with van der Waals surface area (Å²) in [6.07, 6.45) is 1.45. The molecule has 1 unspecified atom stereocenters.